The summed E-state index contributed by atoms with van der Waals surface area (Å²) in [4.78, 5) is 0. The fourth-order valence-corrected chi connectivity index (χ4v) is 2.92. The van der Waals surface area contributed by atoms with E-state index in [0.29, 0.717) is 0 Å². The molecule has 0 bridgehead atoms. The average Bonchev–Trinajstić information content (AvgIpc) is 2.73. The maximum atomic E-state index is 15.1. The first kappa shape index (κ1) is 27.6. The molecule has 0 radical (unpaired) electrons. The highest BCUT2D eigenvalue weighted by molar-refractivity contribution is 5.56. The maximum absolute atomic E-state index is 15.1. The van der Waals surface area contributed by atoms with E-state index in [9.17, 15) is 48.3 Å². The van der Waals surface area contributed by atoms with Gasteiger partial charge in [0.1, 0.15) is 39.8 Å². The number of nitrogens with two attached hydrogens (primary N) is 2. The molecule has 0 spiro atoms. The standard InChI is InChI=1S/C21H10F12N2O2/c22-10-3-8(20(28,29)30)15(5-12(10)34)36-14-2-1-7(19(25,26)27)18(17(14)24)37-16-6-13(35)11(23)4-9(16)21(31,32)33/h1-6H,34-35H2. The van der Waals surface area contributed by atoms with Crippen LogP contribution < -0.4 is 20.9 Å². The van der Waals surface area contributed by atoms with Crippen molar-refractivity contribution in [1.29, 1.82) is 0 Å². The monoisotopic (exact) mass is 550 g/mol. The van der Waals surface area contributed by atoms with Crippen LogP contribution in [0.25, 0.3) is 0 Å². The molecule has 0 aliphatic heterocycles. The second kappa shape index (κ2) is 9.15. The number of benzene rings is 3. The van der Waals surface area contributed by atoms with Gasteiger partial charge in [-0.25, -0.2) is 8.78 Å². The summed E-state index contributed by atoms with van der Waals surface area (Å²) in [7, 11) is 0. The van der Waals surface area contributed by atoms with Crippen molar-refractivity contribution in [3.8, 4) is 23.0 Å². The van der Waals surface area contributed by atoms with Crippen molar-refractivity contribution in [2.45, 2.75) is 18.5 Å². The zero-order valence-corrected chi connectivity index (χ0v) is 17.5. The van der Waals surface area contributed by atoms with Crippen molar-refractivity contribution >= 4 is 11.4 Å². The average molecular weight is 550 g/mol. The van der Waals surface area contributed by atoms with Gasteiger partial charge < -0.3 is 20.9 Å². The van der Waals surface area contributed by atoms with Crippen LogP contribution in [-0.4, -0.2) is 0 Å². The molecule has 3 aromatic rings. The predicted molar refractivity (Wildman–Crippen MR) is 103 cm³/mol. The van der Waals surface area contributed by atoms with Gasteiger partial charge in [-0.1, -0.05) is 0 Å². The molecule has 3 aromatic carbocycles. The van der Waals surface area contributed by atoms with E-state index >= 15 is 4.39 Å². The fraction of sp³-hybridized carbons (Fsp3) is 0.143. The maximum Gasteiger partial charge on any atom is 0.420 e. The van der Waals surface area contributed by atoms with Gasteiger partial charge >= 0.3 is 18.5 Å². The minimum Gasteiger partial charge on any atom is -0.453 e. The number of rotatable bonds is 4. The topological polar surface area (TPSA) is 70.5 Å². The molecule has 3 rings (SSSR count). The van der Waals surface area contributed by atoms with Crippen LogP contribution in [0.2, 0.25) is 0 Å². The molecule has 0 saturated heterocycles. The molecular weight excluding hydrogens is 540 g/mol. The Balaban J connectivity index is 2.22. The normalized spacial score (nSPS) is 12.5. The van der Waals surface area contributed by atoms with Crippen LogP contribution in [0.5, 0.6) is 23.0 Å². The highest BCUT2D eigenvalue weighted by atomic mass is 19.4. The van der Waals surface area contributed by atoms with E-state index in [1.165, 1.54) is 0 Å². The molecule has 0 saturated carbocycles. The summed E-state index contributed by atoms with van der Waals surface area (Å²) in [5, 5.41) is 0. The number of alkyl halides is 9. The molecule has 0 unspecified atom stereocenters. The SMILES string of the molecule is Nc1cc(Oc2ccc(C(F)(F)F)c(Oc3cc(N)c(F)cc3C(F)(F)F)c2F)c(C(F)(F)F)cc1F. The van der Waals surface area contributed by atoms with Crippen molar-refractivity contribution in [3.05, 3.63) is 70.5 Å². The van der Waals surface area contributed by atoms with Gasteiger partial charge in [0, 0.05) is 12.1 Å². The molecule has 4 N–H and O–H groups in total. The van der Waals surface area contributed by atoms with Gasteiger partial charge in [-0.2, -0.15) is 43.9 Å². The minimum atomic E-state index is -5.46. The number of nitrogen functional groups attached to an aromatic ring is 2. The first-order chi connectivity index (χ1) is 16.8. The Bertz CT molecular complexity index is 1350. The lowest BCUT2D eigenvalue weighted by Gasteiger charge is -2.20. The van der Waals surface area contributed by atoms with Gasteiger partial charge in [0.2, 0.25) is 5.82 Å². The van der Waals surface area contributed by atoms with Crippen LogP contribution in [0, 0.1) is 17.5 Å². The molecule has 200 valence electrons. The number of halogens is 12. The summed E-state index contributed by atoms with van der Waals surface area (Å²) in [6, 6.07) is 0.294. The van der Waals surface area contributed by atoms with Gasteiger partial charge in [-0.15, -0.1) is 0 Å². The predicted octanol–water partition coefficient (Wildman–Crippen LogP) is 7.91. The third-order valence-corrected chi connectivity index (χ3v) is 4.61. The molecule has 0 aliphatic rings. The Labute approximate surface area is 198 Å². The molecule has 0 atom stereocenters. The Kier molecular flexibility index (Phi) is 6.83. The van der Waals surface area contributed by atoms with Crippen LogP contribution in [-0.2, 0) is 18.5 Å². The van der Waals surface area contributed by atoms with E-state index < -0.39 is 87.0 Å². The summed E-state index contributed by atoms with van der Waals surface area (Å²) in [6.45, 7) is 0. The minimum absolute atomic E-state index is 0.0357. The van der Waals surface area contributed by atoms with Gasteiger partial charge in [0.15, 0.2) is 11.5 Å². The van der Waals surface area contributed by atoms with E-state index in [2.05, 4.69) is 4.74 Å². The Morgan fingerprint density at radius 3 is 1.32 bits per heavy atom. The third kappa shape index (κ3) is 5.72. The largest absolute Gasteiger partial charge is 0.453 e. The summed E-state index contributed by atoms with van der Waals surface area (Å²) in [6.07, 6.45) is -16.2. The second-order valence-corrected chi connectivity index (χ2v) is 7.19. The van der Waals surface area contributed by atoms with Crippen molar-refractivity contribution in [2.75, 3.05) is 11.5 Å². The van der Waals surface area contributed by atoms with Crippen LogP contribution in [0.1, 0.15) is 16.7 Å². The van der Waals surface area contributed by atoms with E-state index in [1.807, 2.05) is 0 Å². The van der Waals surface area contributed by atoms with E-state index in [1.54, 1.807) is 0 Å². The van der Waals surface area contributed by atoms with E-state index in [4.69, 9.17) is 16.2 Å². The lowest BCUT2D eigenvalue weighted by atomic mass is 10.1. The molecular formula is C21H10F12N2O2. The smallest absolute Gasteiger partial charge is 0.420 e. The lowest BCUT2D eigenvalue weighted by Crippen LogP contribution is -2.13. The van der Waals surface area contributed by atoms with Gasteiger partial charge in [0.05, 0.1) is 11.4 Å². The van der Waals surface area contributed by atoms with Crippen LogP contribution >= 0.6 is 0 Å². The van der Waals surface area contributed by atoms with Crippen molar-refractivity contribution in [3.63, 3.8) is 0 Å². The van der Waals surface area contributed by atoms with E-state index in [-0.39, 0.29) is 36.4 Å². The number of hydrogen-bond acceptors (Lipinski definition) is 4. The zero-order chi connectivity index (χ0) is 28.1. The summed E-state index contributed by atoms with van der Waals surface area (Å²) in [5.41, 5.74) is 2.57. The molecule has 0 aliphatic carbocycles. The van der Waals surface area contributed by atoms with Crippen molar-refractivity contribution < 1.29 is 62.2 Å². The number of ether oxygens (including phenoxy) is 2. The molecule has 0 heterocycles. The zero-order valence-electron chi connectivity index (χ0n) is 17.5. The molecule has 0 fully saturated rings. The molecule has 37 heavy (non-hydrogen) atoms. The second-order valence-electron chi connectivity index (χ2n) is 7.19. The van der Waals surface area contributed by atoms with Gasteiger partial charge in [0.25, 0.3) is 0 Å². The Hall–Kier alpha value is -3.98. The quantitative estimate of drug-likeness (QED) is 0.256. The van der Waals surface area contributed by atoms with Crippen molar-refractivity contribution in [1.82, 2.24) is 0 Å². The molecule has 0 aromatic heterocycles. The molecule has 0 amide bonds. The Morgan fingerprint density at radius 2 is 0.919 bits per heavy atom. The fourth-order valence-electron chi connectivity index (χ4n) is 2.92. The number of anilines is 2. The van der Waals surface area contributed by atoms with Gasteiger partial charge in [-0.05, 0) is 24.3 Å². The number of hydrogen-bond donors (Lipinski definition) is 2. The highest BCUT2D eigenvalue weighted by Gasteiger charge is 2.41. The highest BCUT2D eigenvalue weighted by Crippen LogP contribution is 2.47. The summed E-state index contributed by atoms with van der Waals surface area (Å²) < 4.78 is 172. The first-order valence-corrected chi connectivity index (χ1v) is 9.38. The van der Waals surface area contributed by atoms with Crippen LogP contribution in [0.15, 0.2) is 36.4 Å². The van der Waals surface area contributed by atoms with Gasteiger partial charge in [-0.3, -0.25) is 0 Å². The summed E-state index contributed by atoms with van der Waals surface area (Å²) >= 11 is 0. The van der Waals surface area contributed by atoms with E-state index in [0.717, 1.165) is 0 Å². The lowest BCUT2D eigenvalue weighted by molar-refractivity contribution is -0.140. The van der Waals surface area contributed by atoms with Crippen LogP contribution in [0.4, 0.5) is 64.1 Å². The molecule has 16 heteroatoms. The van der Waals surface area contributed by atoms with Crippen molar-refractivity contribution in [2.24, 2.45) is 0 Å². The third-order valence-electron chi connectivity index (χ3n) is 4.61. The summed E-state index contributed by atoms with van der Waals surface area (Å²) in [5.74, 6) is -11.7. The molecule has 4 nitrogen and oxygen atoms in total. The first-order valence-electron chi connectivity index (χ1n) is 9.38. The van der Waals surface area contributed by atoms with Crippen LogP contribution in [0.3, 0.4) is 0 Å². The Morgan fingerprint density at radius 1 is 0.514 bits per heavy atom.